The van der Waals surface area contributed by atoms with Crippen molar-refractivity contribution >= 4 is 5.95 Å². The van der Waals surface area contributed by atoms with Crippen LogP contribution in [0.5, 0.6) is 0 Å². The van der Waals surface area contributed by atoms with E-state index in [1.165, 1.54) is 12.1 Å². The summed E-state index contributed by atoms with van der Waals surface area (Å²) in [6, 6.07) is 6.69. The van der Waals surface area contributed by atoms with E-state index in [-0.39, 0.29) is 11.9 Å². The molecule has 0 saturated carbocycles. The fourth-order valence-electron chi connectivity index (χ4n) is 2.24. The maximum Gasteiger partial charge on any atom is 0.243 e. The number of aryl methyl sites for hydroxylation is 2. The van der Waals surface area contributed by atoms with Crippen LogP contribution in [0.25, 0.3) is 0 Å². The maximum absolute atomic E-state index is 12.9. The third-order valence-electron chi connectivity index (χ3n) is 3.34. The van der Waals surface area contributed by atoms with E-state index in [9.17, 15) is 4.39 Å². The first-order valence-electron chi connectivity index (χ1n) is 7.35. The summed E-state index contributed by atoms with van der Waals surface area (Å²) in [5.74, 6) is 0.341. The van der Waals surface area contributed by atoms with Gasteiger partial charge in [-0.15, -0.1) is 5.10 Å². The summed E-state index contributed by atoms with van der Waals surface area (Å²) in [6.45, 7) is 6.16. The van der Waals surface area contributed by atoms with Gasteiger partial charge in [0.1, 0.15) is 5.82 Å². The van der Waals surface area contributed by atoms with Crippen molar-refractivity contribution in [2.45, 2.75) is 46.1 Å². The molecule has 1 aromatic carbocycles. The quantitative estimate of drug-likeness (QED) is 0.887. The number of hydrogen-bond acceptors (Lipinski definition) is 4. The minimum atomic E-state index is -0.213. The molecule has 0 spiro atoms. The Hall–Kier alpha value is -2.04. The van der Waals surface area contributed by atoms with Gasteiger partial charge in [-0.1, -0.05) is 26.0 Å². The normalized spacial score (nSPS) is 12.2. The van der Waals surface area contributed by atoms with Crippen LogP contribution in [0, 0.1) is 5.82 Å². The lowest BCUT2D eigenvalue weighted by molar-refractivity contribution is 0.626. The molecule has 0 aliphatic heterocycles. The number of halogens is 1. The van der Waals surface area contributed by atoms with Crippen molar-refractivity contribution in [1.82, 2.24) is 15.2 Å². The highest BCUT2D eigenvalue weighted by molar-refractivity contribution is 5.28. The molecule has 112 valence electrons. The van der Waals surface area contributed by atoms with Crippen LogP contribution in [-0.2, 0) is 19.3 Å². The van der Waals surface area contributed by atoms with Crippen LogP contribution < -0.4 is 5.32 Å². The van der Waals surface area contributed by atoms with Gasteiger partial charge in [0.05, 0.1) is 11.4 Å². The Balaban J connectivity index is 2.02. The van der Waals surface area contributed by atoms with E-state index in [0.717, 1.165) is 36.2 Å². The fraction of sp³-hybridized carbons (Fsp3) is 0.438. The van der Waals surface area contributed by atoms with Crippen molar-refractivity contribution in [3.8, 4) is 0 Å². The zero-order chi connectivity index (χ0) is 15.2. The molecule has 1 atom stereocenters. The van der Waals surface area contributed by atoms with E-state index in [0.29, 0.717) is 5.95 Å². The molecule has 0 saturated heterocycles. The summed E-state index contributed by atoms with van der Waals surface area (Å²) >= 11 is 0. The fourth-order valence-corrected chi connectivity index (χ4v) is 2.24. The molecule has 0 radical (unpaired) electrons. The molecule has 4 nitrogen and oxygen atoms in total. The van der Waals surface area contributed by atoms with E-state index in [1.54, 1.807) is 12.1 Å². The van der Waals surface area contributed by atoms with Crippen LogP contribution >= 0.6 is 0 Å². The predicted octanol–water partition coefficient (Wildman–Crippen LogP) is 3.18. The first kappa shape index (κ1) is 15.4. The Morgan fingerprint density at radius 1 is 1.05 bits per heavy atom. The minimum absolute atomic E-state index is 0.148. The number of anilines is 1. The second-order valence-corrected chi connectivity index (χ2v) is 5.11. The molecule has 0 bridgehead atoms. The third-order valence-corrected chi connectivity index (χ3v) is 3.34. The van der Waals surface area contributed by atoms with Crippen molar-refractivity contribution in [3.63, 3.8) is 0 Å². The Bertz CT molecular complexity index is 583. The van der Waals surface area contributed by atoms with Gasteiger partial charge in [-0.25, -0.2) is 9.37 Å². The number of aromatic nitrogens is 3. The van der Waals surface area contributed by atoms with Gasteiger partial charge in [-0.2, -0.15) is 5.10 Å². The van der Waals surface area contributed by atoms with Crippen LogP contribution in [0.3, 0.4) is 0 Å². The molecular weight excluding hydrogens is 267 g/mol. The van der Waals surface area contributed by atoms with Crippen molar-refractivity contribution in [1.29, 1.82) is 0 Å². The third kappa shape index (κ3) is 4.21. The SMILES string of the molecule is CCc1nnc(NC(C)Cc2ccc(F)cc2)nc1CC. The zero-order valence-corrected chi connectivity index (χ0v) is 12.7. The molecule has 21 heavy (non-hydrogen) atoms. The Morgan fingerprint density at radius 2 is 1.71 bits per heavy atom. The molecule has 1 unspecified atom stereocenters. The van der Waals surface area contributed by atoms with Crippen LogP contribution in [0.4, 0.5) is 10.3 Å². The number of rotatable bonds is 6. The summed E-state index contributed by atoms with van der Waals surface area (Å²) in [5.41, 5.74) is 3.02. The highest BCUT2D eigenvalue weighted by Crippen LogP contribution is 2.10. The number of benzene rings is 1. The average Bonchev–Trinajstić information content (AvgIpc) is 2.49. The molecule has 0 amide bonds. The second-order valence-electron chi connectivity index (χ2n) is 5.11. The Kier molecular flexibility index (Phi) is 5.20. The van der Waals surface area contributed by atoms with Crippen LogP contribution in [0.1, 0.15) is 37.7 Å². The highest BCUT2D eigenvalue weighted by Gasteiger charge is 2.09. The molecule has 2 rings (SSSR count). The van der Waals surface area contributed by atoms with Crippen molar-refractivity contribution in [2.75, 3.05) is 5.32 Å². The van der Waals surface area contributed by atoms with Gasteiger partial charge in [-0.05, 0) is 43.9 Å². The number of hydrogen-bond donors (Lipinski definition) is 1. The lowest BCUT2D eigenvalue weighted by Gasteiger charge is -2.14. The van der Waals surface area contributed by atoms with Crippen LogP contribution in [0.15, 0.2) is 24.3 Å². The molecule has 0 aliphatic rings. The zero-order valence-electron chi connectivity index (χ0n) is 12.7. The first-order chi connectivity index (χ1) is 10.1. The lowest BCUT2D eigenvalue weighted by atomic mass is 10.1. The van der Waals surface area contributed by atoms with Crippen molar-refractivity contribution < 1.29 is 4.39 Å². The summed E-state index contributed by atoms with van der Waals surface area (Å²) in [5, 5.41) is 11.6. The highest BCUT2D eigenvalue weighted by atomic mass is 19.1. The molecular formula is C16H21FN4. The standard InChI is InChI=1S/C16H21FN4/c1-4-14-15(5-2)20-21-16(19-14)18-11(3)10-12-6-8-13(17)9-7-12/h6-9,11H,4-5,10H2,1-3H3,(H,18,19,21). The van der Waals surface area contributed by atoms with Crippen LogP contribution in [0.2, 0.25) is 0 Å². The molecule has 1 N–H and O–H groups in total. The molecule has 0 fully saturated rings. The van der Waals surface area contributed by atoms with Gasteiger partial charge in [0, 0.05) is 6.04 Å². The molecule has 2 aromatic rings. The first-order valence-corrected chi connectivity index (χ1v) is 7.35. The van der Waals surface area contributed by atoms with Crippen molar-refractivity contribution in [2.24, 2.45) is 0 Å². The van der Waals surface area contributed by atoms with E-state index >= 15 is 0 Å². The maximum atomic E-state index is 12.9. The van der Waals surface area contributed by atoms with Gasteiger partial charge in [-0.3, -0.25) is 0 Å². The smallest absolute Gasteiger partial charge is 0.243 e. The largest absolute Gasteiger partial charge is 0.350 e. The van der Waals surface area contributed by atoms with E-state index < -0.39 is 0 Å². The van der Waals surface area contributed by atoms with Gasteiger partial charge in [0.2, 0.25) is 5.95 Å². The Morgan fingerprint density at radius 3 is 2.33 bits per heavy atom. The minimum Gasteiger partial charge on any atom is -0.350 e. The van der Waals surface area contributed by atoms with Crippen molar-refractivity contribution in [3.05, 3.63) is 47.0 Å². The molecule has 1 aromatic heterocycles. The number of nitrogens with zero attached hydrogens (tertiary/aromatic N) is 3. The predicted molar refractivity (Wildman–Crippen MR) is 81.8 cm³/mol. The van der Waals surface area contributed by atoms with E-state index in [1.807, 2.05) is 6.92 Å². The summed E-state index contributed by atoms with van der Waals surface area (Å²) < 4.78 is 12.9. The Labute approximate surface area is 124 Å². The van der Waals surface area contributed by atoms with Crippen LogP contribution in [-0.4, -0.2) is 21.2 Å². The summed E-state index contributed by atoms with van der Waals surface area (Å²) in [6.07, 6.45) is 2.47. The summed E-state index contributed by atoms with van der Waals surface area (Å²) in [7, 11) is 0. The second kappa shape index (κ2) is 7.11. The summed E-state index contributed by atoms with van der Waals surface area (Å²) in [4.78, 5) is 4.51. The van der Waals surface area contributed by atoms with E-state index in [4.69, 9.17) is 0 Å². The van der Waals surface area contributed by atoms with Gasteiger partial charge in [0.25, 0.3) is 0 Å². The van der Waals surface area contributed by atoms with E-state index in [2.05, 4.69) is 34.3 Å². The lowest BCUT2D eigenvalue weighted by Crippen LogP contribution is -2.21. The molecule has 5 heteroatoms. The van der Waals surface area contributed by atoms with Gasteiger partial charge < -0.3 is 5.32 Å². The topological polar surface area (TPSA) is 50.7 Å². The molecule has 1 heterocycles. The number of nitrogens with one attached hydrogen (secondary N) is 1. The monoisotopic (exact) mass is 288 g/mol. The van der Waals surface area contributed by atoms with Gasteiger partial charge >= 0.3 is 0 Å². The van der Waals surface area contributed by atoms with Gasteiger partial charge in [0.15, 0.2) is 0 Å². The molecule has 0 aliphatic carbocycles. The average molecular weight is 288 g/mol.